The fraction of sp³-hybridized carbons (Fsp3) is 0.538. The monoisotopic (exact) mass is 300 g/mol. The van der Waals surface area contributed by atoms with E-state index in [1.54, 1.807) is 18.4 Å². The molecule has 0 spiro atoms. The van der Waals surface area contributed by atoms with Gasteiger partial charge >= 0.3 is 12.0 Å². The van der Waals surface area contributed by atoms with Crippen molar-refractivity contribution in [2.45, 2.75) is 25.3 Å². The Hall–Kier alpha value is -1.60. The first-order valence-electron chi connectivity index (χ1n) is 6.42. The maximum absolute atomic E-state index is 11.6. The van der Waals surface area contributed by atoms with Crippen molar-refractivity contribution in [2.75, 3.05) is 20.3 Å². The van der Waals surface area contributed by atoms with Gasteiger partial charge in [0.2, 0.25) is 0 Å². The van der Waals surface area contributed by atoms with Crippen LogP contribution in [-0.4, -0.2) is 43.4 Å². The van der Waals surface area contributed by atoms with E-state index in [4.69, 9.17) is 9.84 Å². The Balaban J connectivity index is 2.24. The first-order chi connectivity index (χ1) is 9.63. The summed E-state index contributed by atoms with van der Waals surface area (Å²) in [6, 6.07) is 2.61. The number of hydrogen-bond donors (Lipinski definition) is 3. The summed E-state index contributed by atoms with van der Waals surface area (Å²) in [5.74, 6) is -1.03. The molecule has 0 fully saturated rings. The zero-order valence-electron chi connectivity index (χ0n) is 11.4. The average molecular weight is 300 g/mol. The van der Waals surface area contributed by atoms with Crippen LogP contribution in [0, 0.1) is 0 Å². The highest BCUT2D eigenvalue weighted by Gasteiger charge is 2.18. The van der Waals surface area contributed by atoms with E-state index in [-0.39, 0.29) is 0 Å². The molecule has 2 amide bonds. The number of nitrogens with one attached hydrogen (secondary N) is 2. The van der Waals surface area contributed by atoms with Crippen LogP contribution in [0.3, 0.4) is 0 Å². The summed E-state index contributed by atoms with van der Waals surface area (Å²) in [4.78, 5) is 23.8. The Labute approximate surface area is 122 Å². The highest BCUT2D eigenvalue weighted by Crippen LogP contribution is 2.08. The number of hydrogen-bond acceptors (Lipinski definition) is 4. The summed E-state index contributed by atoms with van der Waals surface area (Å²) in [5.41, 5.74) is 0. The summed E-state index contributed by atoms with van der Waals surface area (Å²) in [6.45, 7) is 0.961. The zero-order chi connectivity index (χ0) is 14.8. The summed E-state index contributed by atoms with van der Waals surface area (Å²) >= 11 is 1.63. The Morgan fingerprint density at radius 2 is 2.30 bits per heavy atom. The van der Waals surface area contributed by atoms with Crippen LogP contribution in [0.15, 0.2) is 17.5 Å². The standard InChI is InChI=1S/C13H20N2O4S/c1-19-8-2-5-11(12(16)17)15-13(18)14-7-6-10-4-3-9-20-10/h3-4,9,11H,2,5-8H2,1H3,(H,16,17)(H2,14,15,18). The van der Waals surface area contributed by atoms with Gasteiger partial charge in [0.1, 0.15) is 6.04 Å². The number of carboxylic acids is 1. The van der Waals surface area contributed by atoms with Crippen LogP contribution in [0.1, 0.15) is 17.7 Å². The lowest BCUT2D eigenvalue weighted by atomic mass is 10.1. The van der Waals surface area contributed by atoms with Gasteiger partial charge in [0.15, 0.2) is 0 Å². The minimum absolute atomic E-state index is 0.349. The molecule has 0 radical (unpaired) electrons. The van der Waals surface area contributed by atoms with Crippen LogP contribution in [-0.2, 0) is 16.0 Å². The number of carboxylic acid groups (broad SMARTS) is 1. The van der Waals surface area contributed by atoms with Crippen LogP contribution in [0.5, 0.6) is 0 Å². The summed E-state index contributed by atoms with van der Waals surface area (Å²) in [7, 11) is 1.56. The predicted octanol–water partition coefficient (Wildman–Crippen LogP) is 1.47. The molecule has 1 aromatic heterocycles. The second-order valence-corrected chi connectivity index (χ2v) is 5.29. The number of ether oxygens (including phenoxy) is 1. The third-order valence-corrected chi connectivity index (χ3v) is 3.62. The van der Waals surface area contributed by atoms with Gasteiger partial charge in [0.05, 0.1) is 0 Å². The minimum atomic E-state index is -1.03. The van der Waals surface area contributed by atoms with Crippen molar-refractivity contribution in [3.05, 3.63) is 22.4 Å². The second-order valence-electron chi connectivity index (χ2n) is 4.26. The summed E-state index contributed by atoms with van der Waals surface area (Å²) in [5, 5.41) is 16.1. The van der Waals surface area contributed by atoms with E-state index in [0.29, 0.717) is 26.0 Å². The molecule has 0 aliphatic carbocycles. The smallest absolute Gasteiger partial charge is 0.326 e. The molecule has 0 aliphatic rings. The van der Waals surface area contributed by atoms with E-state index < -0.39 is 18.0 Å². The Morgan fingerprint density at radius 3 is 2.90 bits per heavy atom. The number of thiophene rings is 1. The Kier molecular flexibility index (Phi) is 7.67. The number of aliphatic carboxylic acids is 1. The van der Waals surface area contributed by atoms with Gasteiger partial charge in [-0.2, -0.15) is 0 Å². The Morgan fingerprint density at radius 1 is 1.50 bits per heavy atom. The molecule has 1 heterocycles. The van der Waals surface area contributed by atoms with Crippen molar-refractivity contribution < 1.29 is 19.4 Å². The van der Waals surface area contributed by atoms with Crippen molar-refractivity contribution in [3.63, 3.8) is 0 Å². The lowest BCUT2D eigenvalue weighted by molar-refractivity contribution is -0.139. The molecule has 1 atom stereocenters. The molecule has 20 heavy (non-hydrogen) atoms. The van der Waals surface area contributed by atoms with E-state index >= 15 is 0 Å². The topological polar surface area (TPSA) is 87.7 Å². The number of amides is 2. The molecule has 0 aliphatic heterocycles. The number of carbonyl (C=O) groups excluding carboxylic acids is 1. The van der Waals surface area contributed by atoms with Crippen molar-refractivity contribution in [1.29, 1.82) is 0 Å². The molecule has 1 rings (SSSR count). The molecule has 7 heteroatoms. The molecule has 0 bridgehead atoms. The van der Waals surface area contributed by atoms with Gasteiger partial charge in [-0.15, -0.1) is 11.3 Å². The lowest BCUT2D eigenvalue weighted by Crippen LogP contribution is -2.46. The van der Waals surface area contributed by atoms with E-state index in [9.17, 15) is 9.59 Å². The first kappa shape index (κ1) is 16.5. The van der Waals surface area contributed by atoms with Crippen molar-refractivity contribution in [1.82, 2.24) is 10.6 Å². The minimum Gasteiger partial charge on any atom is -0.480 e. The zero-order valence-corrected chi connectivity index (χ0v) is 12.2. The van der Waals surface area contributed by atoms with Crippen LogP contribution >= 0.6 is 11.3 Å². The number of carbonyl (C=O) groups is 2. The van der Waals surface area contributed by atoms with Crippen LogP contribution in [0.2, 0.25) is 0 Å². The molecular formula is C13H20N2O4S. The average Bonchev–Trinajstić information content (AvgIpc) is 2.91. The maximum atomic E-state index is 11.6. The highest BCUT2D eigenvalue weighted by atomic mass is 32.1. The van der Waals surface area contributed by atoms with E-state index in [0.717, 1.165) is 6.42 Å². The third kappa shape index (κ3) is 6.53. The van der Waals surface area contributed by atoms with E-state index in [1.807, 2.05) is 17.5 Å². The largest absolute Gasteiger partial charge is 0.480 e. The van der Waals surface area contributed by atoms with Gasteiger partial charge in [-0.1, -0.05) is 6.07 Å². The fourth-order valence-electron chi connectivity index (χ4n) is 1.65. The van der Waals surface area contributed by atoms with Crippen LogP contribution in [0.4, 0.5) is 4.79 Å². The molecule has 6 nitrogen and oxygen atoms in total. The van der Waals surface area contributed by atoms with Gasteiger partial charge in [0.25, 0.3) is 0 Å². The molecule has 0 aromatic carbocycles. The van der Waals surface area contributed by atoms with E-state index in [2.05, 4.69) is 10.6 Å². The van der Waals surface area contributed by atoms with Crippen LogP contribution in [0.25, 0.3) is 0 Å². The number of urea groups is 1. The molecule has 3 N–H and O–H groups in total. The lowest BCUT2D eigenvalue weighted by Gasteiger charge is -2.14. The van der Waals surface area contributed by atoms with Crippen molar-refractivity contribution in [3.8, 4) is 0 Å². The molecule has 112 valence electrons. The normalized spacial score (nSPS) is 11.8. The third-order valence-electron chi connectivity index (χ3n) is 2.68. The quantitative estimate of drug-likeness (QED) is 0.603. The SMILES string of the molecule is COCCCC(NC(=O)NCCc1cccs1)C(=O)O. The van der Waals surface area contributed by atoms with Gasteiger partial charge in [-0.25, -0.2) is 9.59 Å². The highest BCUT2D eigenvalue weighted by molar-refractivity contribution is 7.09. The fourth-order valence-corrected chi connectivity index (χ4v) is 2.36. The summed E-state index contributed by atoms with van der Waals surface area (Å²) < 4.78 is 4.86. The molecule has 0 saturated carbocycles. The second kappa shape index (κ2) is 9.33. The predicted molar refractivity (Wildman–Crippen MR) is 77.1 cm³/mol. The van der Waals surface area contributed by atoms with Crippen molar-refractivity contribution in [2.24, 2.45) is 0 Å². The van der Waals surface area contributed by atoms with Crippen molar-refractivity contribution >= 4 is 23.3 Å². The van der Waals surface area contributed by atoms with Crippen LogP contribution < -0.4 is 10.6 Å². The number of rotatable bonds is 9. The molecular weight excluding hydrogens is 280 g/mol. The van der Waals surface area contributed by atoms with Gasteiger partial charge in [-0.05, 0) is 30.7 Å². The van der Waals surface area contributed by atoms with Gasteiger partial charge in [-0.3, -0.25) is 0 Å². The Bertz CT molecular complexity index is 409. The van der Waals surface area contributed by atoms with E-state index in [1.165, 1.54) is 4.88 Å². The molecule has 1 unspecified atom stereocenters. The molecule has 1 aromatic rings. The maximum Gasteiger partial charge on any atom is 0.326 e. The summed E-state index contributed by atoms with van der Waals surface area (Å²) in [6.07, 6.45) is 1.68. The van der Waals surface area contributed by atoms with Gasteiger partial charge < -0.3 is 20.5 Å². The van der Waals surface area contributed by atoms with Gasteiger partial charge in [0, 0.05) is 25.1 Å². The first-order valence-corrected chi connectivity index (χ1v) is 7.30. The molecule has 0 saturated heterocycles. The number of methoxy groups -OCH3 is 1.